The molecule has 9 nitrogen and oxygen atoms in total. The molecule has 2 N–H and O–H groups in total. The number of aromatic nitrogens is 4. The van der Waals surface area contributed by atoms with Crippen LogP contribution in [-0.4, -0.2) is 38.3 Å². The maximum absolute atomic E-state index is 13.7. The number of pyridine rings is 2. The van der Waals surface area contributed by atoms with Gasteiger partial charge in [0.05, 0.1) is 35.4 Å². The van der Waals surface area contributed by atoms with Crippen LogP contribution in [0.4, 0.5) is 29.6 Å². The molecule has 1 fully saturated rings. The summed E-state index contributed by atoms with van der Waals surface area (Å²) in [6.45, 7) is -2.80. The van der Waals surface area contributed by atoms with Crippen molar-refractivity contribution in [3.63, 3.8) is 0 Å². The normalized spacial score (nSPS) is 19.2. The van der Waals surface area contributed by atoms with Crippen molar-refractivity contribution in [2.24, 2.45) is 6.98 Å². The second-order valence-corrected chi connectivity index (χ2v) is 9.24. The van der Waals surface area contributed by atoms with Crippen molar-refractivity contribution in [3.8, 4) is 0 Å². The molecule has 0 aliphatic heterocycles. The van der Waals surface area contributed by atoms with Gasteiger partial charge in [-0.1, -0.05) is 12.1 Å². The topological polar surface area (TPSA) is 103 Å². The van der Waals surface area contributed by atoms with E-state index >= 15 is 0 Å². The smallest absolute Gasteiger partial charge is 0.418 e. The lowest BCUT2D eigenvalue weighted by Crippen LogP contribution is -2.33. The molecule has 2 atom stereocenters. The maximum Gasteiger partial charge on any atom is 0.418 e. The molecule has 200 valence electrons. The van der Waals surface area contributed by atoms with Crippen molar-refractivity contribution in [2.75, 3.05) is 12.4 Å². The van der Waals surface area contributed by atoms with E-state index in [2.05, 4.69) is 25.3 Å². The molecule has 38 heavy (non-hydrogen) atoms. The minimum absolute atomic E-state index is 0.0315. The maximum atomic E-state index is 13.7. The highest BCUT2D eigenvalue weighted by molar-refractivity contribution is 6.18. The van der Waals surface area contributed by atoms with Gasteiger partial charge in [0.2, 0.25) is 0 Å². The monoisotopic (exact) mass is 551 g/mol. The van der Waals surface area contributed by atoms with Crippen molar-refractivity contribution in [3.05, 3.63) is 58.1 Å². The van der Waals surface area contributed by atoms with E-state index in [1.165, 1.54) is 42.1 Å². The Bertz CT molecular complexity index is 1710. The highest BCUT2D eigenvalue weighted by Gasteiger charge is 2.34. The second kappa shape index (κ2) is 9.82. The number of alkyl halides is 4. The molecule has 1 aromatic carbocycles. The standard InChI is InChI=1S/C25H24ClF3N6O3/c1-34-19-12-30-20(10-18(19)35(24(34)37)15-7-6-14(9-15)31-23(36)38-2)32-21-8-13(11-26)16-4-3-5-17(22(16)33-21)25(27,28)29/h3-5,8,10,12,14-15H,6-7,9,11H2,1-2H3,(H,31,36)(H,30,32,33)/t14-,15-/m1/s1/i1D3. The largest absolute Gasteiger partial charge is 0.453 e. The number of carbonyl (C=O) groups excluding carboxylic acids is 1. The fraction of sp³-hybridized carbons (Fsp3) is 0.360. The molecule has 1 saturated carbocycles. The zero-order valence-electron chi connectivity index (χ0n) is 23.0. The van der Waals surface area contributed by atoms with Crippen LogP contribution in [0.3, 0.4) is 0 Å². The van der Waals surface area contributed by atoms with Gasteiger partial charge >= 0.3 is 18.0 Å². The predicted octanol–water partition coefficient (Wildman–Crippen LogP) is 5.23. The Labute approximate surface area is 223 Å². The Morgan fingerprint density at radius 1 is 1.26 bits per heavy atom. The summed E-state index contributed by atoms with van der Waals surface area (Å²) in [5.74, 6) is 0.0716. The Kier molecular flexibility index (Phi) is 5.74. The second-order valence-electron chi connectivity index (χ2n) is 8.97. The summed E-state index contributed by atoms with van der Waals surface area (Å²) >= 11 is 6.05. The van der Waals surface area contributed by atoms with Crippen LogP contribution in [0.1, 0.15) is 40.5 Å². The van der Waals surface area contributed by atoms with E-state index < -0.39 is 36.5 Å². The van der Waals surface area contributed by atoms with Gasteiger partial charge in [-0.25, -0.2) is 19.6 Å². The number of ether oxygens (including phenoxy) is 1. The van der Waals surface area contributed by atoms with Gasteiger partial charge in [-0.2, -0.15) is 13.2 Å². The number of anilines is 2. The summed E-state index contributed by atoms with van der Waals surface area (Å²) in [5.41, 5.74) is -1.27. The predicted molar refractivity (Wildman–Crippen MR) is 137 cm³/mol. The third kappa shape index (κ3) is 4.64. The number of benzene rings is 1. The first kappa shape index (κ1) is 22.2. The Morgan fingerprint density at radius 2 is 2.08 bits per heavy atom. The van der Waals surface area contributed by atoms with Gasteiger partial charge in [0, 0.05) is 40.5 Å². The third-order valence-corrected chi connectivity index (χ3v) is 6.96. The lowest BCUT2D eigenvalue weighted by Gasteiger charge is -2.15. The van der Waals surface area contributed by atoms with Crippen LogP contribution in [0.15, 0.2) is 41.3 Å². The number of hydrogen-bond donors (Lipinski definition) is 2. The SMILES string of the molecule is [2H]C([2H])([2H])n1c(=O)n([C@@H]2CC[C@@H](NC(=O)OC)C2)c2cc(Nc3cc(CCl)c4cccc(C(F)(F)F)c4n3)ncc21. The van der Waals surface area contributed by atoms with Crippen LogP contribution in [0.25, 0.3) is 21.9 Å². The number of amides is 1. The Hall–Kier alpha value is -3.80. The Morgan fingerprint density at radius 3 is 2.79 bits per heavy atom. The molecule has 0 unspecified atom stereocenters. The molecule has 1 aliphatic rings. The van der Waals surface area contributed by atoms with Crippen molar-refractivity contribution < 1.29 is 26.8 Å². The average molecular weight is 552 g/mol. The quantitative estimate of drug-likeness (QED) is 0.329. The van der Waals surface area contributed by atoms with Gasteiger partial charge in [0.1, 0.15) is 11.6 Å². The minimum atomic E-state index is -4.65. The van der Waals surface area contributed by atoms with Gasteiger partial charge in [0.25, 0.3) is 0 Å². The number of hydrogen-bond acceptors (Lipinski definition) is 6. The van der Waals surface area contributed by atoms with Crippen LogP contribution >= 0.6 is 11.6 Å². The zero-order valence-corrected chi connectivity index (χ0v) is 20.7. The molecule has 3 heterocycles. The van der Waals surface area contributed by atoms with Crippen LogP contribution in [0.2, 0.25) is 0 Å². The summed E-state index contributed by atoms with van der Waals surface area (Å²) in [7, 11) is 1.24. The van der Waals surface area contributed by atoms with E-state index in [4.69, 9.17) is 15.7 Å². The van der Waals surface area contributed by atoms with Crippen molar-refractivity contribution >= 4 is 51.3 Å². The molecule has 4 aromatic rings. The summed E-state index contributed by atoms with van der Waals surface area (Å²) in [5, 5.41) is 5.83. The number of carbonyl (C=O) groups is 1. The Balaban J connectivity index is 1.59. The summed E-state index contributed by atoms with van der Waals surface area (Å²) in [6.07, 6.45) is -2.69. The molecule has 0 spiro atoms. The van der Waals surface area contributed by atoms with Gasteiger partial charge in [-0.15, -0.1) is 11.6 Å². The van der Waals surface area contributed by atoms with Crippen LogP contribution in [0, 0.1) is 0 Å². The minimum Gasteiger partial charge on any atom is -0.453 e. The van der Waals surface area contributed by atoms with Crippen LogP contribution < -0.4 is 16.3 Å². The van der Waals surface area contributed by atoms with Crippen LogP contribution in [0.5, 0.6) is 0 Å². The first-order valence-electron chi connectivity index (χ1n) is 13.1. The zero-order chi connectivity index (χ0) is 29.7. The first-order chi connectivity index (χ1) is 19.3. The highest BCUT2D eigenvalue weighted by atomic mass is 35.5. The molecule has 0 radical (unpaired) electrons. The summed E-state index contributed by atoms with van der Waals surface area (Å²) < 4.78 is 71.6. The number of methoxy groups -OCH3 is 1. The van der Waals surface area contributed by atoms with E-state index in [1.807, 2.05) is 0 Å². The van der Waals surface area contributed by atoms with E-state index in [1.54, 1.807) is 0 Å². The van der Waals surface area contributed by atoms with Crippen molar-refractivity contribution in [1.82, 2.24) is 24.4 Å². The number of nitrogens with one attached hydrogen (secondary N) is 2. The number of rotatable bonds is 5. The lowest BCUT2D eigenvalue weighted by molar-refractivity contribution is -0.136. The molecule has 5 rings (SSSR count). The van der Waals surface area contributed by atoms with E-state index in [-0.39, 0.29) is 45.5 Å². The summed E-state index contributed by atoms with van der Waals surface area (Å²) in [6, 6.07) is 5.94. The third-order valence-electron chi connectivity index (χ3n) is 6.67. The number of alkyl carbamates (subject to hydrolysis) is 1. The number of halogens is 4. The fourth-order valence-corrected chi connectivity index (χ4v) is 5.16. The van der Waals surface area contributed by atoms with E-state index in [0.29, 0.717) is 29.4 Å². The van der Waals surface area contributed by atoms with Gasteiger partial charge < -0.3 is 15.4 Å². The van der Waals surface area contributed by atoms with E-state index in [9.17, 15) is 22.8 Å². The molecule has 1 amide bonds. The molecule has 13 heteroatoms. The average Bonchev–Trinajstić information content (AvgIpc) is 3.47. The lowest BCUT2D eigenvalue weighted by atomic mass is 10.1. The number of nitrogens with zero attached hydrogens (tertiary/aromatic N) is 4. The van der Waals surface area contributed by atoms with Gasteiger partial charge in [-0.3, -0.25) is 9.13 Å². The number of para-hydroxylation sites is 1. The molecule has 1 aliphatic carbocycles. The number of fused-ring (bicyclic) bond motifs is 2. The van der Waals surface area contributed by atoms with Crippen LogP contribution in [-0.2, 0) is 23.8 Å². The van der Waals surface area contributed by atoms with Crippen molar-refractivity contribution in [1.29, 1.82) is 0 Å². The van der Waals surface area contributed by atoms with Crippen molar-refractivity contribution in [2.45, 2.75) is 43.4 Å². The molecule has 0 saturated heterocycles. The summed E-state index contributed by atoms with van der Waals surface area (Å²) in [4.78, 5) is 33.5. The first-order valence-corrected chi connectivity index (χ1v) is 12.2. The number of imidazole rings is 1. The molecular weight excluding hydrogens is 525 g/mol. The fourth-order valence-electron chi connectivity index (χ4n) is 4.94. The molecular formula is C25H24ClF3N6O3. The number of aryl methyl sites for hydroxylation is 1. The highest BCUT2D eigenvalue weighted by Crippen LogP contribution is 2.37. The molecule has 0 bridgehead atoms. The van der Waals surface area contributed by atoms with Gasteiger partial charge in [-0.05, 0) is 37.0 Å². The van der Waals surface area contributed by atoms with Gasteiger partial charge in [0.15, 0.2) is 0 Å². The molecule has 3 aromatic heterocycles. The van der Waals surface area contributed by atoms with E-state index in [0.717, 1.165) is 6.07 Å².